The Labute approximate surface area is 259 Å². The molecule has 0 bridgehead atoms. The van der Waals surface area contributed by atoms with Gasteiger partial charge >= 0.3 is 0 Å². The highest BCUT2D eigenvalue weighted by Crippen LogP contribution is 2.45. The number of rotatable bonds is 8. The molecule has 0 radical (unpaired) electrons. The van der Waals surface area contributed by atoms with Gasteiger partial charge in [0.2, 0.25) is 5.91 Å². The molecular weight excluding hydrogens is 561 g/mol. The summed E-state index contributed by atoms with van der Waals surface area (Å²) in [6, 6.07) is 3.93. The summed E-state index contributed by atoms with van der Waals surface area (Å²) in [4.78, 5) is 36.4. The van der Waals surface area contributed by atoms with Crippen LogP contribution < -0.4 is 15.0 Å². The number of anilines is 1. The zero-order valence-electron chi connectivity index (χ0n) is 26.5. The van der Waals surface area contributed by atoms with Crippen molar-refractivity contribution in [3.8, 4) is 11.6 Å². The summed E-state index contributed by atoms with van der Waals surface area (Å²) in [5.41, 5.74) is 0.459. The van der Waals surface area contributed by atoms with Crippen molar-refractivity contribution in [1.29, 1.82) is 0 Å². The van der Waals surface area contributed by atoms with Gasteiger partial charge in [-0.3, -0.25) is 9.59 Å². The summed E-state index contributed by atoms with van der Waals surface area (Å²) in [7, 11) is 0. The van der Waals surface area contributed by atoms with Crippen molar-refractivity contribution in [2.24, 2.45) is 17.3 Å². The van der Waals surface area contributed by atoms with Crippen molar-refractivity contribution in [3.05, 3.63) is 35.9 Å². The average molecular weight is 608 g/mol. The number of nitrogens with zero attached hydrogens (tertiary/aromatic N) is 6. The number of hydrogen-bond acceptors (Lipinski definition) is 8. The molecule has 238 valence electrons. The van der Waals surface area contributed by atoms with Crippen molar-refractivity contribution < 1.29 is 18.7 Å². The number of benzene rings is 1. The molecule has 11 heteroatoms. The quantitative estimate of drug-likeness (QED) is 0.462. The van der Waals surface area contributed by atoms with E-state index in [0.29, 0.717) is 18.3 Å². The van der Waals surface area contributed by atoms with Gasteiger partial charge in [0.05, 0.1) is 5.56 Å². The number of hydrogen-bond donors (Lipinski definition) is 1. The third kappa shape index (κ3) is 6.12. The molecule has 2 amide bonds. The maximum atomic E-state index is 14.2. The summed E-state index contributed by atoms with van der Waals surface area (Å²) in [5, 5.41) is 11.5. The Morgan fingerprint density at radius 2 is 1.91 bits per heavy atom. The highest BCUT2D eigenvalue weighted by atomic mass is 19.1. The molecule has 2 spiro atoms. The monoisotopic (exact) mass is 607 g/mol. The first-order valence-corrected chi connectivity index (χ1v) is 16.3. The molecule has 3 saturated heterocycles. The van der Waals surface area contributed by atoms with Crippen LogP contribution in [0.25, 0.3) is 0 Å². The molecule has 4 aliphatic rings. The summed E-state index contributed by atoms with van der Waals surface area (Å²) < 4.78 is 20.4. The normalized spacial score (nSPS) is 26.6. The largest absolute Gasteiger partial charge is 0.434 e. The lowest BCUT2D eigenvalue weighted by Gasteiger charge is -2.54. The second-order valence-electron chi connectivity index (χ2n) is 14.0. The van der Waals surface area contributed by atoms with Gasteiger partial charge in [-0.05, 0) is 103 Å². The summed E-state index contributed by atoms with van der Waals surface area (Å²) in [6.45, 7) is 13.4. The van der Waals surface area contributed by atoms with Crippen LogP contribution in [0.5, 0.6) is 11.6 Å². The Balaban J connectivity index is 1.04. The topological polar surface area (TPSA) is 104 Å². The van der Waals surface area contributed by atoms with Gasteiger partial charge in [-0.2, -0.15) is 0 Å². The van der Waals surface area contributed by atoms with Crippen LogP contribution >= 0.6 is 0 Å². The van der Waals surface area contributed by atoms with Gasteiger partial charge in [0.25, 0.3) is 11.8 Å². The van der Waals surface area contributed by atoms with Gasteiger partial charge in [-0.1, -0.05) is 6.92 Å². The minimum absolute atomic E-state index is 0.0408. The SMILES string of the molecule is CCN(C(=O)c1cc(F)ccc1Oc1nncnc1N1CC2(CCN(CC3CCC4(CC3)C[C@H](C)C(=O)N4)CC2)C1)C(C)C. The molecule has 1 N–H and O–H groups in total. The summed E-state index contributed by atoms with van der Waals surface area (Å²) in [5.74, 6) is 1.35. The fraction of sp³-hybridized carbons (Fsp3) is 0.667. The van der Waals surface area contributed by atoms with E-state index in [2.05, 4.69) is 37.2 Å². The van der Waals surface area contributed by atoms with Crippen molar-refractivity contribution >= 4 is 17.6 Å². The van der Waals surface area contributed by atoms with Gasteiger partial charge in [-0.25, -0.2) is 9.37 Å². The minimum Gasteiger partial charge on any atom is -0.434 e. The maximum absolute atomic E-state index is 14.2. The van der Waals surface area contributed by atoms with E-state index in [-0.39, 0.29) is 51.9 Å². The second-order valence-corrected chi connectivity index (χ2v) is 14.0. The van der Waals surface area contributed by atoms with Gasteiger partial charge in [-0.15, -0.1) is 10.2 Å². The summed E-state index contributed by atoms with van der Waals surface area (Å²) in [6.07, 6.45) is 9.30. The first-order valence-electron chi connectivity index (χ1n) is 16.3. The lowest BCUT2D eigenvalue weighted by atomic mass is 9.71. The number of ether oxygens (including phenoxy) is 1. The number of piperidine rings is 1. The average Bonchev–Trinajstić information content (AvgIpc) is 3.27. The number of carbonyl (C=O) groups excluding carboxylic acids is 2. The maximum Gasteiger partial charge on any atom is 0.282 e. The van der Waals surface area contributed by atoms with Crippen LogP contribution in [0.4, 0.5) is 10.2 Å². The predicted molar refractivity (Wildman–Crippen MR) is 165 cm³/mol. The number of likely N-dealkylation sites (tertiary alicyclic amines) is 1. The van der Waals surface area contributed by atoms with E-state index in [1.165, 1.54) is 37.4 Å². The molecule has 1 atom stereocenters. The van der Waals surface area contributed by atoms with Gasteiger partial charge in [0.1, 0.15) is 17.9 Å². The van der Waals surface area contributed by atoms with E-state index in [0.717, 1.165) is 64.8 Å². The van der Waals surface area contributed by atoms with Gasteiger partial charge in [0, 0.05) is 49.1 Å². The van der Waals surface area contributed by atoms with Crippen LogP contribution in [0.15, 0.2) is 24.5 Å². The fourth-order valence-electron chi connectivity index (χ4n) is 7.96. The molecule has 2 aromatic rings. The molecule has 1 saturated carbocycles. The fourth-order valence-corrected chi connectivity index (χ4v) is 7.96. The molecule has 10 nitrogen and oxygen atoms in total. The highest BCUT2D eigenvalue weighted by Gasteiger charge is 2.47. The van der Waals surface area contributed by atoms with E-state index in [1.54, 1.807) is 4.90 Å². The highest BCUT2D eigenvalue weighted by molar-refractivity contribution is 5.97. The van der Waals surface area contributed by atoms with Crippen LogP contribution in [0.1, 0.15) is 83.0 Å². The van der Waals surface area contributed by atoms with Crippen LogP contribution in [0.2, 0.25) is 0 Å². The standard InChI is InChI=1S/C33H46FN7O3/c1-5-41(22(2)3)31(43)26-16-25(34)6-7-27(26)44-30-28(35-21-36-38-30)40-19-32(20-40)12-14-39(15-13-32)18-24-8-10-33(11-9-24)17-23(4)29(42)37-33/h6-7,16,21-24H,5,8-15,17-20H2,1-4H3,(H,37,42)/t23-,24?,33?/m0/s1. The van der Waals surface area contributed by atoms with Crippen molar-refractivity contribution in [2.45, 2.75) is 84.2 Å². The van der Waals surface area contributed by atoms with E-state index < -0.39 is 5.82 Å². The first-order chi connectivity index (χ1) is 21.1. The van der Waals surface area contributed by atoms with Crippen molar-refractivity contribution in [1.82, 2.24) is 30.3 Å². The van der Waals surface area contributed by atoms with Crippen LogP contribution in [-0.4, -0.2) is 87.6 Å². The molecule has 3 aliphatic heterocycles. The molecule has 6 rings (SSSR count). The second kappa shape index (κ2) is 12.2. The minimum atomic E-state index is -0.502. The zero-order chi connectivity index (χ0) is 31.1. The molecule has 0 unspecified atom stereocenters. The Morgan fingerprint density at radius 1 is 1.18 bits per heavy atom. The van der Waals surface area contributed by atoms with Crippen molar-refractivity contribution in [2.75, 3.05) is 44.2 Å². The lowest BCUT2D eigenvalue weighted by molar-refractivity contribution is -0.122. The Hall–Kier alpha value is -3.34. The van der Waals surface area contributed by atoms with Crippen molar-refractivity contribution in [3.63, 3.8) is 0 Å². The third-order valence-corrected chi connectivity index (χ3v) is 10.6. The predicted octanol–water partition coefficient (Wildman–Crippen LogP) is 4.66. The number of nitrogens with one attached hydrogen (secondary N) is 1. The Bertz CT molecular complexity index is 1360. The summed E-state index contributed by atoms with van der Waals surface area (Å²) >= 11 is 0. The van der Waals surface area contributed by atoms with E-state index >= 15 is 0 Å². The van der Waals surface area contributed by atoms with Gasteiger partial charge < -0.3 is 24.8 Å². The number of halogens is 1. The van der Waals surface area contributed by atoms with E-state index in [1.807, 2.05) is 20.8 Å². The first kappa shape index (κ1) is 30.7. The van der Waals surface area contributed by atoms with E-state index in [4.69, 9.17) is 4.74 Å². The Morgan fingerprint density at radius 3 is 2.55 bits per heavy atom. The molecule has 4 heterocycles. The molecule has 1 aliphatic carbocycles. The Kier molecular flexibility index (Phi) is 8.52. The number of amides is 2. The van der Waals surface area contributed by atoms with Crippen LogP contribution in [-0.2, 0) is 4.79 Å². The van der Waals surface area contributed by atoms with E-state index in [9.17, 15) is 14.0 Å². The van der Waals surface area contributed by atoms with Crippen LogP contribution in [0, 0.1) is 23.1 Å². The molecular formula is C33H46FN7O3. The molecule has 1 aromatic carbocycles. The molecule has 1 aromatic heterocycles. The number of carbonyl (C=O) groups is 2. The molecule has 4 fully saturated rings. The zero-order valence-corrected chi connectivity index (χ0v) is 26.5. The lowest BCUT2D eigenvalue weighted by Crippen LogP contribution is -2.61. The third-order valence-electron chi connectivity index (χ3n) is 10.6. The van der Waals surface area contributed by atoms with Gasteiger partial charge in [0.15, 0.2) is 5.82 Å². The van der Waals surface area contributed by atoms with Crippen LogP contribution in [0.3, 0.4) is 0 Å². The number of aromatic nitrogens is 3. The molecule has 44 heavy (non-hydrogen) atoms. The smallest absolute Gasteiger partial charge is 0.282 e.